The number of hydrogen-bond acceptors (Lipinski definition) is 16. The molecule has 4 unspecified atom stereocenters. The number of anilines is 3. The Morgan fingerprint density at radius 1 is 0.321 bits per heavy atom. The summed E-state index contributed by atoms with van der Waals surface area (Å²) in [6.07, 6.45) is 1.45. The van der Waals surface area contributed by atoms with Gasteiger partial charge >= 0.3 is 17.9 Å². The van der Waals surface area contributed by atoms with Crippen molar-refractivity contribution in [3.05, 3.63) is 199 Å². The third-order valence-electron chi connectivity index (χ3n) is 20.7. The summed E-state index contributed by atoms with van der Waals surface area (Å²) in [7, 11) is 0. The monoisotopic (exact) mass is 1840 g/mol. The number of carboxylic acid groups (broad SMARTS) is 3. The summed E-state index contributed by atoms with van der Waals surface area (Å²) < 4.78 is 5.59. The number of benzene rings is 6. The second kappa shape index (κ2) is 52.1. The van der Waals surface area contributed by atoms with Crippen LogP contribution in [0, 0.1) is 0 Å². The van der Waals surface area contributed by atoms with E-state index in [1.165, 1.54) is 13.8 Å². The van der Waals surface area contributed by atoms with Gasteiger partial charge in [0.25, 0.3) is 17.7 Å². The number of amides is 10. The van der Waals surface area contributed by atoms with Gasteiger partial charge in [0.15, 0.2) is 17.9 Å². The maximum absolute atomic E-state index is 14.4. The molecule has 0 aliphatic carbocycles. The number of hydrogen-bond donors (Lipinski definition) is 19. The van der Waals surface area contributed by atoms with Gasteiger partial charge < -0.3 is 117 Å². The quantitative estimate of drug-likeness (QED) is 0.00960. The van der Waals surface area contributed by atoms with E-state index in [1.54, 1.807) is 16.7 Å². The van der Waals surface area contributed by atoms with Crippen LogP contribution < -0.4 is 88.4 Å². The molecule has 0 saturated heterocycles. The number of nitrogens with two attached hydrogens (primary N) is 8. The second-order valence-electron chi connectivity index (χ2n) is 32.1. The molecule has 0 saturated carbocycles. The highest BCUT2D eigenvalue weighted by atomic mass is 16.4. The molecule has 3 heterocycles. The fourth-order valence-corrected chi connectivity index (χ4v) is 15.0. The van der Waals surface area contributed by atoms with Gasteiger partial charge in [0.1, 0.15) is 41.6 Å². The SMILES string of the molecule is CC(=O)NC(CCC(=O)O)C(=O)Nc1c(C(=O)NC(CCCN=C(N)N)C(N)=O)c(-c2ccccc2)c(-c2ccccc2)n1C(C)C.CC(=O)NC(CCCN=C(N)N)C(=O)Nc1c(C(=O)NC(CCC(=O)O)C(N)=O)c(-c2ccccc2)c(-c2ccccc2)n1C(C)C.CC(C)n1c(NC(=O)CCCCN=C(N)N)c(C(=O)NCCCC(=O)O)c(-c2ccccc2)c1-c1ccccc1. The molecule has 9 aromatic rings. The van der Waals surface area contributed by atoms with Crippen molar-refractivity contribution in [2.24, 2.45) is 60.8 Å². The van der Waals surface area contributed by atoms with E-state index >= 15 is 0 Å². The molecule has 0 aliphatic rings. The molecule has 6 aromatic carbocycles. The second-order valence-corrected chi connectivity index (χ2v) is 32.1. The van der Waals surface area contributed by atoms with E-state index in [2.05, 4.69) is 57.5 Å². The lowest BCUT2D eigenvalue weighted by molar-refractivity contribution is -0.138. The number of aliphatic imine (C=N–C) groups is 3. The van der Waals surface area contributed by atoms with E-state index in [4.69, 9.17) is 51.0 Å². The molecule has 0 aliphatic heterocycles. The Morgan fingerprint density at radius 2 is 0.604 bits per heavy atom. The van der Waals surface area contributed by atoms with Crippen molar-refractivity contribution in [2.75, 3.05) is 42.1 Å². The molecule has 38 heteroatoms. The predicted octanol–water partition coefficient (Wildman–Crippen LogP) is 9.08. The number of carbonyl (C=O) groups excluding carboxylic acids is 10. The highest BCUT2D eigenvalue weighted by Gasteiger charge is 2.38. The van der Waals surface area contributed by atoms with Crippen LogP contribution in [0.25, 0.3) is 67.2 Å². The molecule has 3 aromatic heterocycles. The summed E-state index contributed by atoms with van der Waals surface area (Å²) in [5.74, 6) is -8.88. The fraction of sp³-hybridized carbons (Fsp3) is 0.333. The molecule has 9 rings (SSSR count). The van der Waals surface area contributed by atoms with E-state index < -0.39 is 95.8 Å². The van der Waals surface area contributed by atoms with Gasteiger partial charge in [-0.3, -0.25) is 77.3 Å². The minimum atomic E-state index is -1.31. The number of aliphatic carboxylic acids is 3. The Balaban J connectivity index is 0.000000275. The Kier molecular flexibility index (Phi) is 40.8. The van der Waals surface area contributed by atoms with Gasteiger partial charge in [0.05, 0.1) is 33.8 Å². The lowest BCUT2D eigenvalue weighted by Crippen LogP contribution is -2.45. The number of guanidine groups is 3. The maximum Gasteiger partial charge on any atom is 0.303 e. The van der Waals surface area contributed by atoms with E-state index in [9.17, 15) is 72.5 Å². The van der Waals surface area contributed by atoms with Crippen LogP contribution >= 0.6 is 0 Å². The largest absolute Gasteiger partial charge is 0.481 e. The molecule has 0 fully saturated rings. The number of carboxylic acids is 3. The highest BCUT2D eigenvalue weighted by Crippen LogP contribution is 2.48. The molecule has 0 spiro atoms. The molecular weight excluding hydrogens is 1720 g/mol. The topological polar surface area (TPSA) is 639 Å². The smallest absolute Gasteiger partial charge is 0.303 e. The average Bonchev–Trinajstić information content (AvgIpc) is 1.60. The zero-order chi connectivity index (χ0) is 98.4. The van der Waals surface area contributed by atoms with Gasteiger partial charge in [-0.1, -0.05) is 182 Å². The van der Waals surface area contributed by atoms with Gasteiger partial charge in [-0.05, 0) is 133 Å². The first-order valence-electron chi connectivity index (χ1n) is 43.8. The average molecular weight is 1840 g/mol. The Hall–Kier alpha value is -15.9. The van der Waals surface area contributed by atoms with Gasteiger partial charge in [-0.25, -0.2) is 0 Å². The lowest BCUT2D eigenvalue weighted by Gasteiger charge is -2.22. The highest BCUT2D eigenvalue weighted by molar-refractivity contribution is 6.16. The zero-order valence-corrected chi connectivity index (χ0v) is 76.3. The fourth-order valence-electron chi connectivity index (χ4n) is 15.0. The molecular formula is C96H122N22O16. The first-order chi connectivity index (χ1) is 63.8. The number of nitrogens with zero attached hydrogens (tertiary/aromatic N) is 6. The standard InChI is InChI=1S/2C33H42N8O6.C30H38N6O4/c1-19(2)41-28(22-13-8-5-9-14-22)26(21-11-6-4-7-12-21)27(32(47)39-23(29(34)45)16-17-25(43)44)30(41)40-31(46)24(38-20(3)42)15-10-18-37-33(35)36;1-19(2)41-28(22-13-8-5-9-14-22)26(21-11-6-4-7-12-21)27(32(47)39-23(29(34)45)15-10-18-37-33(35)36)30(41)40-31(46)24(38-20(3)42)16-17-25(43)44;1-20(2)36-27(22-14-7-4-8-15-22)25(21-12-5-3-6-13-21)26(29(40)33-19-11-17-24(38)39)28(36)35-23(37)16-9-10-18-34-30(31)32/h2*4-9,11-14,19,23-24H,10,15-18H2,1-3H3,(H2,34,45)(H,38,42)(H,39,47)(H,40,46)(H,43,44)(H4,35,36,37);3-8,12-15,20H,9-11,16-19H2,1-2H3,(H,33,40)(H,35,37)(H,38,39)(H4,31,32,34). The van der Waals surface area contributed by atoms with Crippen LogP contribution in [0.5, 0.6) is 0 Å². The molecule has 0 bridgehead atoms. The molecule has 134 heavy (non-hydrogen) atoms. The summed E-state index contributed by atoms with van der Waals surface area (Å²) in [6, 6.07) is 50.7. The summed E-state index contributed by atoms with van der Waals surface area (Å²) in [4.78, 5) is 178. The van der Waals surface area contributed by atoms with Crippen LogP contribution in [0.3, 0.4) is 0 Å². The summed E-state index contributed by atoms with van der Waals surface area (Å²) in [5, 5.41) is 49.6. The van der Waals surface area contributed by atoms with Gasteiger partial charge in [0, 0.05) is 101 Å². The van der Waals surface area contributed by atoms with Gasteiger partial charge in [-0.2, -0.15) is 0 Å². The van der Waals surface area contributed by atoms with Crippen molar-refractivity contribution in [1.82, 2.24) is 40.3 Å². The lowest BCUT2D eigenvalue weighted by atomic mass is 9.96. The Labute approximate surface area is 776 Å². The van der Waals surface area contributed by atoms with Crippen LogP contribution in [0.2, 0.25) is 0 Å². The van der Waals surface area contributed by atoms with Crippen molar-refractivity contribution >= 4 is 112 Å². The first kappa shape index (κ1) is 105. The molecule has 38 nitrogen and oxygen atoms in total. The summed E-state index contributed by atoms with van der Waals surface area (Å²) in [5.41, 5.74) is 52.2. The zero-order valence-electron chi connectivity index (χ0n) is 76.3. The number of carbonyl (C=O) groups is 13. The molecule has 0 radical (unpaired) electrons. The van der Waals surface area contributed by atoms with Crippen LogP contribution in [-0.4, -0.2) is 174 Å². The van der Waals surface area contributed by atoms with E-state index in [0.29, 0.717) is 82.8 Å². The summed E-state index contributed by atoms with van der Waals surface area (Å²) in [6.45, 7) is 15.1. The van der Waals surface area contributed by atoms with Crippen LogP contribution in [0.4, 0.5) is 17.5 Å². The van der Waals surface area contributed by atoms with Gasteiger partial charge in [0.2, 0.25) is 41.4 Å². The third-order valence-corrected chi connectivity index (χ3v) is 20.7. The maximum atomic E-state index is 14.4. The van der Waals surface area contributed by atoms with Crippen LogP contribution in [0.1, 0.15) is 188 Å². The minimum absolute atomic E-state index is 0.0140. The number of rotatable bonds is 46. The number of aromatic nitrogens is 3. The normalized spacial score (nSPS) is 11.7. The van der Waals surface area contributed by atoms with Crippen LogP contribution in [-0.2, 0) is 47.9 Å². The van der Waals surface area contributed by atoms with Gasteiger partial charge in [-0.15, -0.1) is 0 Å². The molecule has 712 valence electrons. The molecule has 10 amide bonds. The van der Waals surface area contributed by atoms with Crippen molar-refractivity contribution in [1.29, 1.82) is 0 Å². The third kappa shape index (κ3) is 30.9. The number of primary amides is 2. The number of unbranched alkanes of at least 4 members (excludes halogenated alkanes) is 1. The first-order valence-corrected chi connectivity index (χ1v) is 43.8. The Bertz CT molecular complexity index is 5610. The van der Waals surface area contributed by atoms with Crippen molar-refractivity contribution in [2.45, 2.75) is 181 Å². The minimum Gasteiger partial charge on any atom is -0.481 e. The predicted molar refractivity (Wildman–Crippen MR) is 516 cm³/mol. The van der Waals surface area contributed by atoms with Crippen molar-refractivity contribution in [3.8, 4) is 67.2 Å². The Morgan fingerprint density at radius 3 is 0.910 bits per heavy atom. The summed E-state index contributed by atoms with van der Waals surface area (Å²) >= 11 is 0. The van der Waals surface area contributed by atoms with E-state index in [1.807, 2.05) is 221 Å². The van der Waals surface area contributed by atoms with E-state index in [-0.39, 0.29) is 142 Å². The molecule has 4 atom stereocenters. The van der Waals surface area contributed by atoms with Crippen molar-refractivity contribution < 1.29 is 77.6 Å². The van der Waals surface area contributed by atoms with E-state index in [0.717, 1.165) is 27.9 Å². The molecule has 27 N–H and O–H groups in total. The number of nitrogens with one attached hydrogen (secondary N) is 8. The van der Waals surface area contributed by atoms with Crippen molar-refractivity contribution in [3.63, 3.8) is 0 Å². The van der Waals surface area contributed by atoms with Crippen LogP contribution in [0.15, 0.2) is 197 Å².